The summed E-state index contributed by atoms with van der Waals surface area (Å²) in [4.78, 5) is 16.4. The molecule has 0 aliphatic rings. The zero-order chi connectivity index (χ0) is 25.6. The van der Waals surface area contributed by atoms with Crippen LogP contribution in [0.4, 0.5) is 15.9 Å². The Bertz CT molecular complexity index is 1660. The monoisotopic (exact) mass is 535 g/mol. The lowest BCUT2D eigenvalue weighted by atomic mass is 10.2. The molecule has 0 bridgehead atoms. The van der Waals surface area contributed by atoms with E-state index >= 15 is 0 Å². The van der Waals surface area contributed by atoms with Gasteiger partial charge < -0.3 is 10.1 Å². The van der Waals surface area contributed by atoms with Gasteiger partial charge in [0.2, 0.25) is 0 Å². The van der Waals surface area contributed by atoms with Gasteiger partial charge in [-0.25, -0.2) is 24.3 Å². The van der Waals surface area contributed by atoms with E-state index in [-0.39, 0.29) is 12.4 Å². The summed E-state index contributed by atoms with van der Waals surface area (Å²) in [5.74, 6) is 0.805. The van der Waals surface area contributed by atoms with Gasteiger partial charge in [0.1, 0.15) is 57.9 Å². The van der Waals surface area contributed by atoms with Gasteiger partial charge in [-0.05, 0) is 42.2 Å². The van der Waals surface area contributed by atoms with Crippen molar-refractivity contribution in [1.82, 2.24) is 40.3 Å². The normalized spacial score (nSPS) is 10.8. The number of rotatable bonds is 6. The number of fused-ring (bicyclic) bond motifs is 2. The van der Waals surface area contributed by atoms with Crippen LogP contribution in [0.25, 0.3) is 22.1 Å². The Labute approximate surface area is 219 Å². The van der Waals surface area contributed by atoms with Crippen LogP contribution in [0.3, 0.4) is 0 Å². The number of aromatic amines is 2. The minimum atomic E-state index is -0.299. The van der Waals surface area contributed by atoms with Crippen molar-refractivity contribution in [3.05, 3.63) is 83.9 Å². The molecule has 0 atom stereocenters. The summed E-state index contributed by atoms with van der Waals surface area (Å²) in [6, 6.07) is 11.5. The summed E-state index contributed by atoms with van der Waals surface area (Å²) in [5, 5.41) is 18.1. The van der Waals surface area contributed by atoms with Crippen molar-refractivity contribution in [2.45, 2.75) is 11.6 Å². The maximum absolute atomic E-state index is 13.2. The predicted molar refractivity (Wildman–Crippen MR) is 141 cm³/mol. The van der Waals surface area contributed by atoms with Crippen molar-refractivity contribution in [2.75, 3.05) is 11.6 Å². The van der Waals surface area contributed by atoms with Gasteiger partial charge in [0.15, 0.2) is 5.82 Å². The quantitative estimate of drug-likeness (QED) is 0.186. The number of nitrogens with one attached hydrogen (secondary N) is 3. The lowest BCUT2D eigenvalue weighted by Crippen LogP contribution is -1.98. The minimum Gasteiger partial charge on any atom is -0.487 e. The predicted octanol–water partition coefficient (Wildman–Crippen LogP) is 5.54. The van der Waals surface area contributed by atoms with Crippen LogP contribution in [0.5, 0.6) is 5.75 Å². The molecule has 0 fully saturated rings. The second-order valence-corrected chi connectivity index (χ2v) is 8.76. The molecule has 4 heterocycles. The highest BCUT2D eigenvalue weighted by Gasteiger charge is 2.09. The van der Waals surface area contributed by atoms with Gasteiger partial charge in [-0.15, -0.1) is 11.8 Å². The number of benzene rings is 2. The van der Waals surface area contributed by atoms with Gasteiger partial charge in [-0.2, -0.15) is 10.2 Å². The fourth-order valence-corrected chi connectivity index (χ4v) is 4.12. The van der Waals surface area contributed by atoms with Gasteiger partial charge in [0.25, 0.3) is 0 Å². The third-order valence-electron chi connectivity index (χ3n) is 5.12. The van der Waals surface area contributed by atoms with Gasteiger partial charge >= 0.3 is 0 Å². The Kier molecular flexibility index (Phi) is 7.38. The van der Waals surface area contributed by atoms with Crippen molar-refractivity contribution < 1.29 is 9.13 Å². The average molecular weight is 536 g/mol. The zero-order valence-corrected chi connectivity index (χ0v) is 20.9. The Hall–Kier alpha value is -4.29. The first-order valence-electron chi connectivity index (χ1n) is 10.9. The van der Waals surface area contributed by atoms with Crippen molar-refractivity contribution in [2.24, 2.45) is 0 Å². The Morgan fingerprint density at radius 2 is 1.70 bits per heavy atom. The van der Waals surface area contributed by atoms with E-state index in [4.69, 9.17) is 16.3 Å². The number of thioether (sulfide) groups is 1. The van der Waals surface area contributed by atoms with Crippen LogP contribution < -0.4 is 10.1 Å². The van der Waals surface area contributed by atoms with Gasteiger partial charge in [-0.1, -0.05) is 23.7 Å². The Morgan fingerprint density at radius 3 is 2.46 bits per heavy atom. The van der Waals surface area contributed by atoms with Gasteiger partial charge in [0, 0.05) is 5.69 Å². The zero-order valence-electron chi connectivity index (χ0n) is 19.3. The number of hydrogen-bond acceptors (Lipinski definition) is 9. The third kappa shape index (κ3) is 5.76. The highest BCUT2D eigenvalue weighted by atomic mass is 35.5. The van der Waals surface area contributed by atoms with Crippen LogP contribution in [-0.4, -0.2) is 46.6 Å². The molecule has 3 N–H and O–H groups in total. The number of aromatic nitrogens is 8. The first-order chi connectivity index (χ1) is 18.1. The second-order valence-electron chi connectivity index (χ2n) is 7.55. The molecule has 0 aliphatic heterocycles. The van der Waals surface area contributed by atoms with E-state index in [0.717, 1.165) is 27.3 Å². The number of hydrogen-bond donors (Lipinski definition) is 3. The van der Waals surface area contributed by atoms with Crippen molar-refractivity contribution in [3.63, 3.8) is 0 Å². The Morgan fingerprint density at radius 1 is 0.946 bits per heavy atom. The molecule has 37 heavy (non-hydrogen) atoms. The summed E-state index contributed by atoms with van der Waals surface area (Å²) in [5.41, 5.74) is 4.66. The molecule has 0 spiro atoms. The topological polar surface area (TPSA) is 130 Å². The fourth-order valence-electron chi connectivity index (χ4n) is 3.38. The van der Waals surface area contributed by atoms with Crippen molar-refractivity contribution in [1.29, 1.82) is 0 Å². The summed E-state index contributed by atoms with van der Waals surface area (Å²) in [6.45, 7) is 0.227. The summed E-state index contributed by atoms with van der Waals surface area (Å²) < 4.78 is 18.9. The molecule has 0 aliphatic carbocycles. The molecule has 0 saturated carbocycles. The van der Waals surface area contributed by atoms with Gasteiger partial charge in [-0.3, -0.25) is 10.2 Å². The highest BCUT2D eigenvalue weighted by Crippen LogP contribution is 2.30. The van der Waals surface area contributed by atoms with E-state index in [1.807, 2.05) is 12.3 Å². The van der Waals surface area contributed by atoms with E-state index in [1.54, 1.807) is 54.7 Å². The molecule has 186 valence electrons. The van der Waals surface area contributed by atoms with E-state index in [2.05, 4.69) is 45.6 Å². The number of anilines is 2. The van der Waals surface area contributed by atoms with Crippen LogP contribution in [0.1, 0.15) is 5.56 Å². The molecule has 0 amide bonds. The van der Waals surface area contributed by atoms with Crippen LogP contribution in [0.15, 0.2) is 72.5 Å². The highest BCUT2D eigenvalue weighted by molar-refractivity contribution is 7.98. The molecule has 4 aromatic heterocycles. The number of ether oxygens (including phenoxy) is 1. The largest absolute Gasteiger partial charge is 0.487 e. The lowest BCUT2D eigenvalue weighted by Gasteiger charge is -2.11. The van der Waals surface area contributed by atoms with Crippen LogP contribution >= 0.6 is 23.4 Å². The van der Waals surface area contributed by atoms with E-state index in [9.17, 15) is 4.39 Å². The molecule has 13 heteroatoms. The lowest BCUT2D eigenvalue weighted by molar-refractivity contribution is 0.306. The number of nitrogens with zero attached hydrogens (tertiary/aromatic N) is 6. The second kappa shape index (κ2) is 11.2. The summed E-state index contributed by atoms with van der Waals surface area (Å²) >= 11 is 7.88. The smallest absolute Gasteiger partial charge is 0.159 e. The molecule has 6 rings (SSSR count). The molecule has 2 aromatic carbocycles. The van der Waals surface area contributed by atoms with E-state index in [0.29, 0.717) is 27.6 Å². The fraction of sp³-hybridized carbons (Fsp3) is 0.0833. The van der Waals surface area contributed by atoms with Crippen molar-refractivity contribution in [3.8, 4) is 5.75 Å². The molecular formula is C24H19ClFN9OS. The molecule has 6 aromatic rings. The number of halogens is 2. The minimum absolute atomic E-state index is 0.227. The third-order valence-corrected chi connectivity index (χ3v) is 6.11. The van der Waals surface area contributed by atoms with Crippen LogP contribution in [-0.2, 0) is 6.61 Å². The molecular weight excluding hydrogens is 517 g/mol. The maximum atomic E-state index is 13.2. The van der Waals surface area contributed by atoms with E-state index in [1.165, 1.54) is 18.5 Å². The molecule has 10 nitrogen and oxygen atoms in total. The first kappa shape index (κ1) is 24.4. The molecule has 0 saturated heterocycles. The first-order valence-corrected chi connectivity index (χ1v) is 12.5. The summed E-state index contributed by atoms with van der Waals surface area (Å²) in [7, 11) is 0. The molecule has 0 unspecified atom stereocenters. The average Bonchev–Trinajstić information content (AvgIpc) is 3.59. The number of H-pyrrole nitrogens is 2. The Balaban J connectivity index is 0.000000212. The SMILES string of the molecule is CSc1ncnc2cn[nH]c12.Fc1cccc(COc2ccc(Nc3ncnc4cn[nH]c34)cc2Cl)c1. The summed E-state index contributed by atoms with van der Waals surface area (Å²) in [6.07, 6.45) is 8.29. The van der Waals surface area contributed by atoms with Crippen LogP contribution in [0.2, 0.25) is 5.02 Å². The van der Waals surface area contributed by atoms with Gasteiger partial charge in [0.05, 0.1) is 17.4 Å². The maximum Gasteiger partial charge on any atom is 0.159 e. The van der Waals surface area contributed by atoms with Crippen molar-refractivity contribution >= 4 is 56.9 Å². The van der Waals surface area contributed by atoms with Crippen LogP contribution in [0, 0.1) is 5.82 Å². The standard InChI is InChI=1S/C18H13ClFN5O.C6H6N4S/c19-14-7-13(24-18-17-15(8-23-25-17)21-10-22-18)4-5-16(14)26-9-11-2-1-3-12(20)6-11;1-11-6-5-4(2-9-10-5)7-3-8-6/h1-8,10H,9H2,(H,23,25)(H,21,22,24);2-3H,1H3,(H,9,10). The molecule has 0 radical (unpaired) electrons. The van der Waals surface area contributed by atoms with E-state index < -0.39 is 0 Å².